The highest BCUT2D eigenvalue weighted by molar-refractivity contribution is 6.20. The maximum atomic E-state index is 13.5. The van der Waals surface area contributed by atoms with Gasteiger partial charge in [0.1, 0.15) is 18.0 Å². The molecule has 5 rings (SSSR count). The molecule has 4 aromatic carbocycles. The molecule has 1 heterocycles. The number of carboxylic acids is 2. The van der Waals surface area contributed by atoms with Crippen molar-refractivity contribution in [3.05, 3.63) is 131 Å². The SMILES string of the molecule is O=C(O)Cn1cc(C(=O)c2ccccc2C(=O)O)c2cccc(C=Cc3ccc(OCCCCOc4ccccc4)cc3)c21. The van der Waals surface area contributed by atoms with E-state index < -0.39 is 17.7 Å². The van der Waals surface area contributed by atoms with E-state index in [2.05, 4.69) is 0 Å². The highest BCUT2D eigenvalue weighted by Gasteiger charge is 2.23. The minimum absolute atomic E-state index is 0.0400. The van der Waals surface area contributed by atoms with Crippen molar-refractivity contribution in [2.45, 2.75) is 19.4 Å². The van der Waals surface area contributed by atoms with E-state index in [0.717, 1.165) is 29.9 Å². The van der Waals surface area contributed by atoms with E-state index in [1.54, 1.807) is 24.3 Å². The molecule has 1 aromatic heterocycles. The van der Waals surface area contributed by atoms with Gasteiger partial charge in [-0.25, -0.2) is 4.79 Å². The molecule has 8 heteroatoms. The molecular weight excluding hydrogens is 558 g/mol. The predicted molar refractivity (Wildman–Crippen MR) is 168 cm³/mol. The number of rotatable bonds is 14. The fraction of sp³-hybridized carbons (Fsp3) is 0.139. The van der Waals surface area contributed by atoms with Crippen LogP contribution >= 0.6 is 0 Å². The molecule has 222 valence electrons. The monoisotopic (exact) mass is 589 g/mol. The van der Waals surface area contributed by atoms with Crippen molar-refractivity contribution >= 4 is 40.8 Å². The van der Waals surface area contributed by atoms with Crippen LogP contribution in [-0.4, -0.2) is 45.7 Å². The van der Waals surface area contributed by atoms with Gasteiger partial charge in [-0.05, 0) is 54.3 Å². The number of unbranched alkanes of at least 4 members (excludes halogenated alkanes) is 1. The standard InChI is InChI=1S/C36H31NO7/c38-33(39)24-37-23-32(35(40)30-12-4-5-13-31(30)36(41)42)29-14-8-9-26(34(29)37)18-15-25-16-19-28(20-17-25)44-22-7-6-21-43-27-10-2-1-3-11-27/h1-5,8-20,23H,6-7,21-22,24H2,(H,38,39)(H,41,42). The third-order valence-electron chi connectivity index (χ3n) is 7.04. The molecule has 8 nitrogen and oxygen atoms in total. The van der Waals surface area contributed by atoms with Crippen LogP contribution in [-0.2, 0) is 11.3 Å². The average molecular weight is 590 g/mol. The average Bonchev–Trinajstić information content (AvgIpc) is 3.40. The summed E-state index contributed by atoms with van der Waals surface area (Å²) in [6.45, 7) is 0.846. The van der Waals surface area contributed by atoms with E-state index in [4.69, 9.17) is 9.47 Å². The summed E-state index contributed by atoms with van der Waals surface area (Å²) in [7, 11) is 0. The predicted octanol–water partition coefficient (Wildman–Crippen LogP) is 7.06. The van der Waals surface area contributed by atoms with Crippen LogP contribution in [0.3, 0.4) is 0 Å². The number of aliphatic carboxylic acids is 1. The summed E-state index contributed by atoms with van der Waals surface area (Å²) in [5.41, 5.74) is 2.35. The van der Waals surface area contributed by atoms with E-state index >= 15 is 0 Å². The summed E-state index contributed by atoms with van der Waals surface area (Å²) < 4.78 is 13.1. The van der Waals surface area contributed by atoms with Crippen molar-refractivity contribution < 1.29 is 34.1 Å². The molecule has 2 N–H and O–H groups in total. The lowest BCUT2D eigenvalue weighted by molar-refractivity contribution is -0.137. The smallest absolute Gasteiger partial charge is 0.336 e. The Morgan fingerprint density at radius 3 is 1.95 bits per heavy atom. The van der Waals surface area contributed by atoms with Crippen molar-refractivity contribution in [1.29, 1.82) is 0 Å². The summed E-state index contributed by atoms with van der Waals surface area (Å²) in [6, 6.07) is 28.7. The normalized spacial score (nSPS) is 11.1. The van der Waals surface area contributed by atoms with Gasteiger partial charge in [-0.3, -0.25) is 9.59 Å². The Labute approximate surface area is 254 Å². The first kappa shape index (κ1) is 29.8. The van der Waals surface area contributed by atoms with E-state index in [1.807, 2.05) is 72.8 Å². The van der Waals surface area contributed by atoms with Crippen LogP contribution in [0, 0.1) is 0 Å². The molecule has 0 saturated heterocycles. The van der Waals surface area contributed by atoms with Crippen molar-refractivity contribution in [3.63, 3.8) is 0 Å². The Balaban J connectivity index is 1.29. The van der Waals surface area contributed by atoms with Gasteiger partial charge in [0.15, 0.2) is 5.78 Å². The maximum absolute atomic E-state index is 13.5. The van der Waals surface area contributed by atoms with Gasteiger partial charge in [-0.15, -0.1) is 0 Å². The molecule has 0 aliphatic carbocycles. The molecule has 0 amide bonds. The molecule has 0 bridgehead atoms. The highest BCUT2D eigenvalue weighted by atomic mass is 16.5. The number of benzene rings is 4. The Morgan fingerprint density at radius 2 is 1.30 bits per heavy atom. The van der Waals surface area contributed by atoms with Gasteiger partial charge in [-0.1, -0.05) is 78.9 Å². The summed E-state index contributed by atoms with van der Waals surface area (Å²) in [5.74, 6) is -1.15. The molecule has 0 saturated carbocycles. The Morgan fingerprint density at radius 1 is 0.659 bits per heavy atom. The number of ketones is 1. The van der Waals surface area contributed by atoms with Crippen molar-refractivity contribution in [1.82, 2.24) is 4.57 Å². The van der Waals surface area contributed by atoms with Gasteiger partial charge < -0.3 is 24.3 Å². The summed E-state index contributed by atoms with van der Waals surface area (Å²) in [6.07, 6.45) is 6.99. The first-order valence-corrected chi connectivity index (χ1v) is 14.2. The number of ether oxygens (including phenoxy) is 2. The summed E-state index contributed by atoms with van der Waals surface area (Å²) >= 11 is 0. The van der Waals surface area contributed by atoms with E-state index in [-0.39, 0.29) is 23.2 Å². The highest BCUT2D eigenvalue weighted by Crippen LogP contribution is 2.29. The Hall–Kier alpha value is -5.63. The molecular formula is C36H31NO7. The quantitative estimate of drug-likeness (QED) is 0.0809. The Kier molecular flexibility index (Phi) is 9.51. The van der Waals surface area contributed by atoms with Gasteiger partial charge in [0, 0.05) is 22.7 Å². The van der Waals surface area contributed by atoms with Gasteiger partial charge >= 0.3 is 11.9 Å². The van der Waals surface area contributed by atoms with Crippen LogP contribution in [0.25, 0.3) is 23.1 Å². The van der Waals surface area contributed by atoms with Gasteiger partial charge in [0.05, 0.1) is 24.3 Å². The van der Waals surface area contributed by atoms with Gasteiger partial charge in [0.2, 0.25) is 0 Å². The zero-order valence-corrected chi connectivity index (χ0v) is 23.9. The third kappa shape index (κ3) is 7.22. The van der Waals surface area contributed by atoms with E-state index in [0.29, 0.717) is 29.7 Å². The molecule has 0 aliphatic rings. The Bertz CT molecular complexity index is 1800. The maximum Gasteiger partial charge on any atom is 0.336 e. The molecule has 0 atom stereocenters. The second kappa shape index (κ2) is 14.0. The van der Waals surface area contributed by atoms with E-state index in [9.17, 15) is 24.6 Å². The minimum atomic E-state index is -1.21. The number of hydrogen-bond donors (Lipinski definition) is 2. The van der Waals surface area contributed by atoms with Crippen LogP contribution in [0.5, 0.6) is 11.5 Å². The fourth-order valence-electron chi connectivity index (χ4n) is 4.95. The van der Waals surface area contributed by atoms with Crippen molar-refractivity contribution in [3.8, 4) is 11.5 Å². The number of fused-ring (bicyclic) bond motifs is 1. The number of aromatic carboxylic acids is 1. The van der Waals surface area contributed by atoms with Crippen LogP contribution < -0.4 is 9.47 Å². The van der Waals surface area contributed by atoms with Gasteiger partial charge in [0.25, 0.3) is 0 Å². The molecule has 0 aliphatic heterocycles. The zero-order valence-electron chi connectivity index (χ0n) is 23.9. The van der Waals surface area contributed by atoms with Crippen LogP contribution in [0.1, 0.15) is 50.2 Å². The number of carbonyl (C=O) groups excluding carboxylic acids is 1. The first-order chi connectivity index (χ1) is 21.4. The van der Waals surface area contributed by atoms with Gasteiger partial charge in [-0.2, -0.15) is 0 Å². The largest absolute Gasteiger partial charge is 0.494 e. The van der Waals surface area contributed by atoms with Crippen LogP contribution in [0.4, 0.5) is 0 Å². The fourth-order valence-corrected chi connectivity index (χ4v) is 4.95. The number of carboxylic acid groups (broad SMARTS) is 2. The lowest BCUT2D eigenvalue weighted by atomic mass is 9.97. The second-order valence-corrected chi connectivity index (χ2v) is 10.1. The minimum Gasteiger partial charge on any atom is -0.494 e. The topological polar surface area (TPSA) is 115 Å². The molecule has 0 unspecified atom stereocenters. The number of nitrogens with zero attached hydrogens (tertiary/aromatic N) is 1. The lowest BCUT2D eigenvalue weighted by Gasteiger charge is -2.08. The van der Waals surface area contributed by atoms with Crippen molar-refractivity contribution in [2.24, 2.45) is 0 Å². The van der Waals surface area contributed by atoms with Crippen LogP contribution in [0.2, 0.25) is 0 Å². The third-order valence-corrected chi connectivity index (χ3v) is 7.04. The molecule has 0 fully saturated rings. The number of carbonyl (C=O) groups is 3. The molecule has 0 radical (unpaired) electrons. The zero-order chi connectivity index (χ0) is 30.9. The molecule has 5 aromatic rings. The van der Waals surface area contributed by atoms with Crippen molar-refractivity contribution in [2.75, 3.05) is 13.2 Å². The number of para-hydroxylation sites is 2. The number of aromatic nitrogens is 1. The summed E-state index contributed by atoms with van der Waals surface area (Å²) in [4.78, 5) is 37.0. The second-order valence-electron chi connectivity index (χ2n) is 10.1. The number of hydrogen-bond acceptors (Lipinski definition) is 5. The lowest BCUT2D eigenvalue weighted by Crippen LogP contribution is -2.10. The first-order valence-electron chi connectivity index (χ1n) is 14.2. The molecule has 44 heavy (non-hydrogen) atoms. The van der Waals surface area contributed by atoms with Crippen LogP contribution in [0.15, 0.2) is 103 Å². The summed E-state index contributed by atoms with van der Waals surface area (Å²) in [5, 5.41) is 19.7. The van der Waals surface area contributed by atoms with E-state index in [1.165, 1.54) is 22.9 Å². The molecule has 0 spiro atoms.